The lowest BCUT2D eigenvalue weighted by molar-refractivity contribution is -0.125. The standard InChI is InChI=1S/C23H35N5O3/c1-4-13-27(14-5-2)16-12-24-22(29)19-7-6-15-28(17-19)23-25-21(26-31-23)18-8-10-20(30-3)11-9-18/h8-11,19H,4-7,12-17H2,1-3H3,(H,24,29). The maximum atomic E-state index is 12.7. The van der Waals surface area contributed by atoms with E-state index in [9.17, 15) is 4.79 Å². The quantitative estimate of drug-likeness (QED) is 0.587. The summed E-state index contributed by atoms with van der Waals surface area (Å²) in [5.41, 5.74) is 0.866. The molecule has 1 aliphatic rings. The average Bonchev–Trinajstić information content (AvgIpc) is 3.30. The summed E-state index contributed by atoms with van der Waals surface area (Å²) in [5.74, 6) is 1.38. The number of hydrogen-bond acceptors (Lipinski definition) is 7. The van der Waals surface area contributed by atoms with Gasteiger partial charge in [0, 0.05) is 31.7 Å². The SMILES string of the molecule is CCCN(CCC)CCNC(=O)C1CCCN(c2nc(-c3ccc(OC)cc3)no2)C1. The lowest BCUT2D eigenvalue weighted by Gasteiger charge is -2.30. The second kappa shape index (κ2) is 11.7. The normalized spacial score (nSPS) is 16.5. The summed E-state index contributed by atoms with van der Waals surface area (Å²) < 4.78 is 10.7. The number of piperidine rings is 1. The molecule has 1 fully saturated rings. The van der Waals surface area contributed by atoms with Crippen molar-refractivity contribution in [2.75, 3.05) is 51.3 Å². The van der Waals surface area contributed by atoms with Crippen LogP contribution >= 0.6 is 0 Å². The molecule has 1 amide bonds. The summed E-state index contributed by atoms with van der Waals surface area (Å²) in [6.45, 7) is 9.54. The van der Waals surface area contributed by atoms with E-state index in [1.54, 1.807) is 7.11 Å². The topological polar surface area (TPSA) is 83.7 Å². The molecule has 1 saturated heterocycles. The molecule has 0 saturated carbocycles. The fraction of sp³-hybridized carbons (Fsp3) is 0.609. The smallest absolute Gasteiger partial charge is 0.324 e. The van der Waals surface area contributed by atoms with E-state index in [0.717, 1.165) is 63.2 Å². The molecule has 8 heteroatoms. The van der Waals surface area contributed by atoms with Gasteiger partial charge in [-0.3, -0.25) is 4.79 Å². The molecule has 1 unspecified atom stereocenters. The van der Waals surface area contributed by atoms with Crippen molar-refractivity contribution >= 4 is 11.9 Å². The predicted molar refractivity (Wildman–Crippen MR) is 121 cm³/mol. The van der Waals surface area contributed by atoms with E-state index in [0.29, 0.717) is 24.9 Å². The molecule has 2 heterocycles. The van der Waals surface area contributed by atoms with Gasteiger partial charge in [0.05, 0.1) is 13.0 Å². The van der Waals surface area contributed by atoms with E-state index in [1.165, 1.54) is 0 Å². The molecule has 1 aromatic heterocycles. The molecule has 3 rings (SSSR count). The summed E-state index contributed by atoms with van der Waals surface area (Å²) >= 11 is 0. The predicted octanol–water partition coefficient (Wildman–Crippen LogP) is 3.20. The van der Waals surface area contributed by atoms with Crippen molar-refractivity contribution in [3.05, 3.63) is 24.3 Å². The Hall–Kier alpha value is -2.61. The van der Waals surface area contributed by atoms with Crippen molar-refractivity contribution in [1.29, 1.82) is 0 Å². The van der Waals surface area contributed by atoms with Gasteiger partial charge in [0.15, 0.2) is 0 Å². The second-order valence-electron chi connectivity index (χ2n) is 8.05. The van der Waals surface area contributed by atoms with Gasteiger partial charge in [-0.25, -0.2) is 0 Å². The number of rotatable bonds is 11. The first-order valence-corrected chi connectivity index (χ1v) is 11.4. The number of ether oxygens (including phenoxy) is 1. The number of carbonyl (C=O) groups excluding carboxylic acids is 1. The zero-order valence-corrected chi connectivity index (χ0v) is 19.0. The first-order chi connectivity index (χ1) is 15.1. The first kappa shape index (κ1) is 23.1. The number of nitrogens with zero attached hydrogens (tertiary/aromatic N) is 4. The average molecular weight is 430 g/mol. The minimum atomic E-state index is -0.0594. The van der Waals surface area contributed by atoms with Crippen LogP contribution < -0.4 is 15.0 Å². The van der Waals surface area contributed by atoms with E-state index in [2.05, 4.69) is 34.2 Å². The Morgan fingerprint density at radius 3 is 2.65 bits per heavy atom. The van der Waals surface area contributed by atoms with E-state index in [4.69, 9.17) is 9.26 Å². The summed E-state index contributed by atoms with van der Waals surface area (Å²) in [5, 5.41) is 7.24. The van der Waals surface area contributed by atoms with E-state index in [1.807, 2.05) is 29.2 Å². The molecule has 0 aliphatic carbocycles. The molecular formula is C23H35N5O3. The number of benzene rings is 1. The molecule has 31 heavy (non-hydrogen) atoms. The van der Waals surface area contributed by atoms with Crippen LogP contribution in [0.4, 0.5) is 6.01 Å². The third-order valence-corrected chi connectivity index (χ3v) is 5.63. The van der Waals surface area contributed by atoms with E-state index >= 15 is 0 Å². The monoisotopic (exact) mass is 429 g/mol. The lowest BCUT2D eigenvalue weighted by Crippen LogP contribution is -2.45. The molecule has 1 aliphatic heterocycles. The maximum Gasteiger partial charge on any atom is 0.324 e. The van der Waals surface area contributed by atoms with Crippen LogP contribution in [0.1, 0.15) is 39.5 Å². The zero-order valence-electron chi connectivity index (χ0n) is 19.0. The lowest BCUT2D eigenvalue weighted by atomic mass is 9.97. The number of anilines is 1. The highest BCUT2D eigenvalue weighted by molar-refractivity contribution is 5.79. The number of nitrogens with one attached hydrogen (secondary N) is 1. The fourth-order valence-electron chi connectivity index (χ4n) is 4.02. The number of methoxy groups -OCH3 is 1. The molecule has 1 atom stereocenters. The molecular weight excluding hydrogens is 394 g/mol. The van der Waals surface area contributed by atoms with Gasteiger partial charge in [0.2, 0.25) is 11.7 Å². The Bertz CT molecular complexity index is 802. The highest BCUT2D eigenvalue weighted by Crippen LogP contribution is 2.25. The minimum absolute atomic E-state index is 0.0594. The fourth-order valence-corrected chi connectivity index (χ4v) is 4.02. The van der Waals surface area contributed by atoms with Crippen molar-refractivity contribution in [2.45, 2.75) is 39.5 Å². The Kier molecular flexibility index (Phi) is 8.70. The van der Waals surface area contributed by atoms with Gasteiger partial charge in [-0.2, -0.15) is 4.98 Å². The van der Waals surface area contributed by atoms with Gasteiger partial charge < -0.3 is 24.4 Å². The largest absolute Gasteiger partial charge is 0.497 e. The Morgan fingerprint density at radius 2 is 1.97 bits per heavy atom. The zero-order chi connectivity index (χ0) is 22.1. The summed E-state index contributed by atoms with van der Waals surface area (Å²) in [7, 11) is 1.64. The Labute approximate surface area is 184 Å². The summed E-state index contributed by atoms with van der Waals surface area (Å²) in [6.07, 6.45) is 4.08. The Balaban J connectivity index is 1.53. The molecule has 1 N–H and O–H groups in total. The first-order valence-electron chi connectivity index (χ1n) is 11.4. The third-order valence-electron chi connectivity index (χ3n) is 5.63. The molecule has 170 valence electrons. The maximum absolute atomic E-state index is 12.7. The van der Waals surface area contributed by atoms with E-state index in [-0.39, 0.29) is 11.8 Å². The molecule has 0 bridgehead atoms. The van der Waals surface area contributed by atoms with Crippen molar-refractivity contribution in [3.63, 3.8) is 0 Å². The van der Waals surface area contributed by atoms with Crippen LogP contribution in [0.2, 0.25) is 0 Å². The van der Waals surface area contributed by atoms with Crippen LogP contribution in [0.3, 0.4) is 0 Å². The van der Waals surface area contributed by atoms with Crippen LogP contribution in [0.5, 0.6) is 5.75 Å². The van der Waals surface area contributed by atoms with Crippen LogP contribution in [-0.2, 0) is 4.79 Å². The molecule has 2 aromatic rings. The van der Waals surface area contributed by atoms with Gasteiger partial charge in [-0.05, 0) is 63.0 Å². The molecule has 8 nitrogen and oxygen atoms in total. The van der Waals surface area contributed by atoms with Crippen molar-refractivity contribution in [1.82, 2.24) is 20.4 Å². The number of hydrogen-bond donors (Lipinski definition) is 1. The van der Waals surface area contributed by atoms with Gasteiger partial charge in [-0.15, -0.1) is 0 Å². The van der Waals surface area contributed by atoms with Crippen LogP contribution in [-0.4, -0.2) is 67.3 Å². The number of aromatic nitrogens is 2. The van der Waals surface area contributed by atoms with Crippen LogP contribution in [0.25, 0.3) is 11.4 Å². The molecule has 0 radical (unpaired) electrons. The van der Waals surface area contributed by atoms with E-state index < -0.39 is 0 Å². The van der Waals surface area contributed by atoms with Crippen molar-refractivity contribution in [3.8, 4) is 17.1 Å². The minimum Gasteiger partial charge on any atom is -0.497 e. The summed E-state index contributed by atoms with van der Waals surface area (Å²) in [4.78, 5) is 21.7. The molecule has 1 aromatic carbocycles. The number of carbonyl (C=O) groups is 1. The van der Waals surface area contributed by atoms with Crippen LogP contribution in [0, 0.1) is 5.92 Å². The Morgan fingerprint density at radius 1 is 1.23 bits per heavy atom. The third kappa shape index (κ3) is 6.43. The summed E-state index contributed by atoms with van der Waals surface area (Å²) in [6, 6.07) is 8.02. The molecule has 0 spiro atoms. The van der Waals surface area contributed by atoms with Crippen molar-refractivity contribution in [2.24, 2.45) is 5.92 Å². The van der Waals surface area contributed by atoms with Gasteiger partial charge in [0.25, 0.3) is 0 Å². The van der Waals surface area contributed by atoms with Crippen LogP contribution in [0.15, 0.2) is 28.8 Å². The second-order valence-corrected chi connectivity index (χ2v) is 8.05. The highest BCUT2D eigenvalue weighted by Gasteiger charge is 2.28. The van der Waals surface area contributed by atoms with Gasteiger partial charge in [-0.1, -0.05) is 19.0 Å². The van der Waals surface area contributed by atoms with Crippen molar-refractivity contribution < 1.29 is 14.1 Å². The number of amides is 1. The van der Waals surface area contributed by atoms with Gasteiger partial charge >= 0.3 is 6.01 Å². The highest BCUT2D eigenvalue weighted by atomic mass is 16.5. The van der Waals surface area contributed by atoms with Gasteiger partial charge in [0.1, 0.15) is 5.75 Å².